The first-order valence-corrected chi connectivity index (χ1v) is 10.3. The molecular formula is C24H34N2O2. The molecule has 1 atom stereocenters. The van der Waals surface area contributed by atoms with Gasteiger partial charge in [0.2, 0.25) is 0 Å². The van der Waals surface area contributed by atoms with Crippen LogP contribution in [-0.4, -0.2) is 57.2 Å². The predicted molar refractivity (Wildman–Crippen MR) is 115 cm³/mol. The third-order valence-electron chi connectivity index (χ3n) is 5.67. The van der Waals surface area contributed by atoms with Crippen LogP contribution < -0.4 is 9.47 Å². The molecule has 0 spiro atoms. The largest absolute Gasteiger partial charge is 0.497 e. The topological polar surface area (TPSA) is 24.9 Å². The van der Waals surface area contributed by atoms with Crippen LogP contribution in [0, 0.1) is 5.92 Å². The van der Waals surface area contributed by atoms with E-state index in [1.54, 1.807) is 14.2 Å². The monoisotopic (exact) mass is 382 g/mol. The average molecular weight is 383 g/mol. The Labute approximate surface area is 170 Å². The van der Waals surface area contributed by atoms with Crippen molar-refractivity contribution < 1.29 is 9.47 Å². The lowest BCUT2D eigenvalue weighted by Gasteiger charge is -2.35. The number of ether oxygens (including phenoxy) is 2. The first kappa shape index (κ1) is 20.7. The van der Waals surface area contributed by atoms with Gasteiger partial charge in [0.05, 0.1) is 14.2 Å². The molecule has 0 saturated carbocycles. The molecule has 0 radical (unpaired) electrons. The third kappa shape index (κ3) is 5.98. The number of piperidine rings is 1. The number of likely N-dealkylation sites (tertiary alicyclic amines) is 1. The van der Waals surface area contributed by atoms with E-state index in [1.807, 2.05) is 18.2 Å². The van der Waals surface area contributed by atoms with Crippen molar-refractivity contribution in [2.75, 3.05) is 47.4 Å². The summed E-state index contributed by atoms with van der Waals surface area (Å²) >= 11 is 0. The van der Waals surface area contributed by atoms with Gasteiger partial charge in [0.1, 0.15) is 11.5 Å². The van der Waals surface area contributed by atoms with Crippen molar-refractivity contribution in [3.8, 4) is 11.5 Å². The van der Waals surface area contributed by atoms with Crippen LogP contribution in [0.3, 0.4) is 0 Å². The highest BCUT2D eigenvalue weighted by Crippen LogP contribution is 2.22. The van der Waals surface area contributed by atoms with E-state index >= 15 is 0 Å². The highest BCUT2D eigenvalue weighted by Gasteiger charge is 2.21. The lowest BCUT2D eigenvalue weighted by Crippen LogP contribution is -2.40. The molecule has 0 N–H and O–H groups in total. The maximum atomic E-state index is 5.50. The molecule has 28 heavy (non-hydrogen) atoms. The summed E-state index contributed by atoms with van der Waals surface area (Å²) in [5.41, 5.74) is 2.65. The van der Waals surface area contributed by atoms with Gasteiger partial charge in [-0.25, -0.2) is 0 Å². The van der Waals surface area contributed by atoms with Gasteiger partial charge in [0, 0.05) is 26.2 Å². The SMILES string of the molecule is COc1ccc(CN(C)CC2CCCN(CCc3ccccc3OC)C2)cc1. The fourth-order valence-corrected chi connectivity index (χ4v) is 4.24. The van der Waals surface area contributed by atoms with Gasteiger partial charge in [-0.15, -0.1) is 0 Å². The zero-order valence-electron chi connectivity index (χ0n) is 17.6. The second-order valence-electron chi connectivity index (χ2n) is 7.92. The Hall–Kier alpha value is -2.04. The van der Waals surface area contributed by atoms with Crippen LogP contribution in [0.5, 0.6) is 11.5 Å². The van der Waals surface area contributed by atoms with Crippen LogP contribution in [0.15, 0.2) is 48.5 Å². The van der Waals surface area contributed by atoms with Crippen LogP contribution in [0.4, 0.5) is 0 Å². The van der Waals surface area contributed by atoms with E-state index in [0.29, 0.717) is 0 Å². The minimum atomic E-state index is 0.745. The standard InChI is InChI=1S/C24H34N2O2/c1-25(17-20-10-12-23(27-2)13-11-20)18-21-7-6-15-26(19-21)16-14-22-8-4-5-9-24(22)28-3/h4-5,8-13,21H,6-7,14-19H2,1-3H3. The molecule has 4 heteroatoms. The molecule has 1 aliphatic rings. The number of benzene rings is 2. The zero-order valence-corrected chi connectivity index (χ0v) is 17.6. The van der Waals surface area contributed by atoms with Gasteiger partial charge in [-0.3, -0.25) is 0 Å². The van der Waals surface area contributed by atoms with Gasteiger partial charge >= 0.3 is 0 Å². The van der Waals surface area contributed by atoms with Crippen LogP contribution in [0.2, 0.25) is 0 Å². The van der Waals surface area contributed by atoms with Crippen molar-refractivity contribution >= 4 is 0 Å². The Balaban J connectivity index is 1.46. The second kappa shape index (κ2) is 10.5. The van der Waals surface area contributed by atoms with Crippen molar-refractivity contribution in [1.82, 2.24) is 9.80 Å². The first-order chi connectivity index (χ1) is 13.7. The number of hydrogen-bond donors (Lipinski definition) is 0. The molecule has 4 nitrogen and oxygen atoms in total. The summed E-state index contributed by atoms with van der Waals surface area (Å²) in [6.45, 7) is 5.66. The van der Waals surface area contributed by atoms with Crippen molar-refractivity contribution in [3.05, 3.63) is 59.7 Å². The van der Waals surface area contributed by atoms with Gasteiger partial charge in [0.25, 0.3) is 0 Å². The van der Waals surface area contributed by atoms with Crippen LogP contribution >= 0.6 is 0 Å². The van der Waals surface area contributed by atoms with Gasteiger partial charge in [-0.05, 0) is 68.1 Å². The maximum Gasteiger partial charge on any atom is 0.122 e. The van der Waals surface area contributed by atoms with E-state index in [9.17, 15) is 0 Å². The quantitative estimate of drug-likeness (QED) is 0.652. The van der Waals surface area contributed by atoms with E-state index < -0.39 is 0 Å². The van der Waals surface area contributed by atoms with Gasteiger partial charge < -0.3 is 19.3 Å². The molecule has 0 aliphatic carbocycles. The number of methoxy groups -OCH3 is 2. The lowest BCUT2D eigenvalue weighted by atomic mass is 9.97. The van der Waals surface area contributed by atoms with Crippen LogP contribution in [0.25, 0.3) is 0 Å². The molecule has 0 bridgehead atoms. The maximum absolute atomic E-state index is 5.50. The Morgan fingerprint density at radius 2 is 1.82 bits per heavy atom. The summed E-state index contributed by atoms with van der Waals surface area (Å²) in [6.07, 6.45) is 3.68. The molecule has 0 amide bonds. The Morgan fingerprint density at radius 3 is 2.57 bits per heavy atom. The molecule has 1 aliphatic heterocycles. The second-order valence-corrected chi connectivity index (χ2v) is 7.92. The van der Waals surface area contributed by atoms with Crippen LogP contribution in [-0.2, 0) is 13.0 Å². The number of hydrogen-bond acceptors (Lipinski definition) is 4. The zero-order chi connectivity index (χ0) is 19.8. The number of nitrogens with zero attached hydrogens (tertiary/aromatic N) is 2. The van der Waals surface area contributed by atoms with Gasteiger partial charge in [-0.1, -0.05) is 30.3 Å². The lowest BCUT2D eigenvalue weighted by molar-refractivity contribution is 0.142. The molecular weight excluding hydrogens is 348 g/mol. The summed E-state index contributed by atoms with van der Waals surface area (Å²) in [5, 5.41) is 0. The Morgan fingerprint density at radius 1 is 1.04 bits per heavy atom. The summed E-state index contributed by atoms with van der Waals surface area (Å²) < 4.78 is 10.7. The molecule has 2 aromatic carbocycles. The van der Waals surface area contributed by atoms with Crippen molar-refractivity contribution in [2.24, 2.45) is 5.92 Å². The summed E-state index contributed by atoms with van der Waals surface area (Å²) in [5.74, 6) is 2.68. The van der Waals surface area contributed by atoms with E-state index in [4.69, 9.17) is 9.47 Å². The molecule has 0 aromatic heterocycles. The molecule has 1 fully saturated rings. The third-order valence-corrected chi connectivity index (χ3v) is 5.67. The van der Waals surface area contributed by atoms with Crippen molar-refractivity contribution in [2.45, 2.75) is 25.8 Å². The average Bonchev–Trinajstić information content (AvgIpc) is 2.73. The predicted octanol–water partition coefficient (Wildman–Crippen LogP) is 4.09. The highest BCUT2D eigenvalue weighted by molar-refractivity contribution is 5.33. The van der Waals surface area contributed by atoms with Crippen LogP contribution in [0.1, 0.15) is 24.0 Å². The van der Waals surface area contributed by atoms with Crippen molar-refractivity contribution in [3.63, 3.8) is 0 Å². The van der Waals surface area contributed by atoms with Gasteiger partial charge in [-0.2, -0.15) is 0 Å². The normalized spacial score (nSPS) is 17.6. The minimum Gasteiger partial charge on any atom is -0.497 e. The van der Waals surface area contributed by atoms with E-state index in [-0.39, 0.29) is 0 Å². The highest BCUT2D eigenvalue weighted by atomic mass is 16.5. The van der Waals surface area contributed by atoms with Gasteiger partial charge in [0.15, 0.2) is 0 Å². The Bertz CT molecular complexity index is 717. The van der Waals surface area contributed by atoms with E-state index in [2.05, 4.69) is 47.2 Å². The first-order valence-electron chi connectivity index (χ1n) is 10.3. The summed E-state index contributed by atoms with van der Waals surface area (Å²) in [4.78, 5) is 5.08. The summed E-state index contributed by atoms with van der Waals surface area (Å²) in [6, 6.07) is 16.8. The summed E-state index contributed by atoms with van der Waals surface area (Å²) in [7, 11) is 5.70. The molecule has 152 valence electrons. The molecule has 1 saturated heterocycles. The molecule has 3 rings (SSSR count). The van der Waals surface area contributed by atoms with Crippen molar-refractivity contribution in [1.29, 1.82) is 0 Å². The number of rotatable bonds is 9. The molecule has 1 heterocycles. The Kier molecular flexibility index (Phi) is 7.75. The number of para-hydroxylation sites is 1. The van der Waals surface area contributed by atoms with E-state index in [0.717, 1.165) is 43.5 Å². The fourth-order valence-electron chi connectivity index (χ4n) is 4.24. The molecule has 2 aromatic rings. The minimum absolute atomic E-state index is 0.745. The smallest absolute Gasteiger partial charge is 0.122 e. The van der Waals surface area contributed by atoms with E-state index in [1.165, 1.54) is 37.1 Å². The molecule has 1 unspecified atom stereocenters. The fraction of sp³-hybridized carbons (Fsp3) is 0.500.